The number of nitrogen functional groups attached to an aromatic ring is 1. The fraction of sp³-hybridized carbons (Fsp3) is 0.0909. The molecule has 1 aromatic carbocycles. The summed E-state index contributed by atoms with van der Waals surface area (Å²) < 4.78 is 50.4. The van der Waals surface area contributed by atoms with Crippen LogP contribution in [-0.4, -0.2) is 10.2 Å². The molecule has 2 N–H and O–H groups in total. The molecule has 0 amide bonds. The predicted molar refractivity (Wildman–Crippen MR) is 56.8 cm³/mol. The van der Waals surface area contributed by atoms with Crippen molar-refractivity contribution in [2.45, 2.75) is 6.18 Å². The molecule has 7 heteroatoms. The first-order chi connectivity index (χ1) is 8.38. The summed E-state index contributed by atoms with van der Waals surface area (Å²) in [4.78, 5) is 0. The molecule has 0 radical (unpaired) electrons. The third-order valence-corrected chi connectivity index (χ3v) is 2.26. The number of hydrogen-bond donors (Lipinski definition) is 1. The maximum atomic E-state index is 13.3. The van der Waals surface area contributed by atoms with Gasteiger partial charge in [-0.2, -0.15) is 13.2 Å². The lowest BCUT2D eigenvalue weighted by molar-refractivity contribution is -0.139. The van der Waals surface area contributed by atoms with Gasteiger partial charge in [0.25, 0.3) is 0 Å². The SMILES string of the molecule is Nc1ccc(-c2ccc(C(F)(F)F)c(F)c2)nn1. The number of nitrogens with zero attached hydrogens (tertiary/aromatic N) is 2. The van der Waals surface area contributed by atoms with Gasteiger partial charge in [0, 0.05) is 5.56 Å². The fourth-order valence-electron chi connectivity index (χ4n) is 1.40. The molecule has 2 aromatic rings. The van der Waals surface area contributed by atoms with Gasteiger partial charge in [-0.1, -0.05) is 6.07 Å². The van der Waals surface area contributed by atoms with Gasteiger partial charge in [0.05, 0.1) is 11.3 Å². The Morgan fingerprint density at radius 3 is 2.22 bits per heavy atom. The van der Waals surface area contributed by atoms with Crippen LogP contribution in [0.3, 0.4) is 0 Å². The quantitative estimate of drug-likeness (QED) is 0.799. The summed E-state index contributed by atoms with van der Waals surface area (Å²) in [5.41, 5.74) is 4.46. The average molecular weight is 257 g/mol. The number of anilines is 1. The van der Waals surface area contributed by atoms with Crippen LogP contribution in [0.15, 0.2) is 30.3 Å². The van der Waals surface area contributed by atoms with E-state index in [1.807, 2.05) is 0 Å². The fourth-order valence-corrected chi connectivity index (χ4v) is 1.40. The summed E-state index contributed by atoms with van der Waals surface area (Å²) in [5.74, 6) is -1.18. The first-order valence-electron chi connectivity index (χ1n) is 4.84. The molecule has 0 aliphatic rings. The second kappa shape index (κ2) is 4.25. The topological polar surface area (TPSA) is 51.8 Å². The van der Waals surface area contributed by atoms with E-state index >= 15 is 0 Å². The number of hydrogen-bond acceptors (Lipinski definition) is 3. The third kappa shape index (κ3) is 2.39. The van der Waals surface area contributed by atoms with Gasteiger partial charge in [0.15, 0.2) is 0 Å². The van der Waals surface area contributed by atoms with E-state index in [0.717, 1.165) is 12.1 Å². The lowest BCUT2D eigenvalue weighted by Gasteiger charge is -2.08. The number of aromatic nitrogens is 2. The second-order valence-electron chi connectivity index (χ2n) is 3.54. The maximum Gasteiger partial charge on any atom is 0.419 e. The molecule has 1 heterocycles. The summed E-state index contributed by atoms with van der Waals surface area (Å²) in [6.45, 7) is 0. The van der Waals surface area contributed by atoms with Gasteiger partial charge >= 0.3 is 6.18 Å². The standard InChI is InChI=1S/C11H7F4N3/c12-8-5-6(1-2-7(8)11(13,14)15)9-3-4-10(16)18-17-9/h1-5H,(H2,16,18). The van der Waals surface area contributed by atoms with Crippen molar-refractivity contribution in [2.75, 3.05) is 5.73 Å². The van der Waals surface area contributed by atoms with Gasteiger partial charge in [0.2, 0.25) is 0 Å². The molecule has 0 unspecified atom stereocenters. The van der Waals surface area contributed by atoms with E-state index in [2.05, 4.69) is 10.2 Å². The Morgan fingerprint density at radius 2 is 1.72 bits per heavy atom. The van der Waals surface area contributed by atoms with E-state index in [-0.39, 0.29) is 17.1 Å². The minimum Gasteiger partial charge on any atom is -0.382 e. The van der Waals surface area contributed by atoms with Crippen molar-refractivity contribution in [1.82, 2.24) is 10.2 Å². The van der Waals surface area contributed by atoms with Crippen LogP contribution in [0.1, 0.15) is 5.56 Å². The minimum absolute atomic E-state index is 0.172. The Morgan fingerprint density at radius 1 is 1.00 bits per heavy atom. The van der Waals surface area contributed by atoms with Crippen molar-refractivity contribution in [1.29, 1.82) is 0 Å². The van der Waals surface area contributed by atoms with Crippen LogP contribution < -0.4 is 5.73 Å². The zero-order chi connectivity index (χ0) is 13.3. The van der Waals surface area contributed by atoms with Gasteiger partial charge in [0.1, 0.15) is 11.6 Å². The van der Waals surface area contributed by atoms with Crippen LogP contribution >= 0.6 is 0 Å². The highest BCUT2D eigenvalue weighted by molar-refractivity contribution is 5.60. The first kappa shape index (κ1) is 12.3. The molecule has 94 valence electrons. The molecule has 2 rings (SSSR count). The molecular weight excluding hydrogens is 250 g/mol. The number of benzene rings is 1. The van der Waals surface area contributed by atoms with Crippen LogP contribution in [0.2, 0.25) is 0 Å². The number of rotatable bonds is 1. The summed E-state index contributed by atoms with van der Waals surface area (Å²) in [5, 5.41) is 7.20. The highest BCUT2D eigenvalue weighted by Crippen LogP contribution is 2.33. The van der Waals surface area contributed by atoms with E-state index in [1.54, 1.807) is 0 Å². The van der Waals surface area contributed by atoms with Gasteiger partial charge in [-0.25, -0.2) is 4.39 Å². The van der Waals surface area contributed by atoms with Crippen molar-refractivity contribution < 1.29 is 17.6 Å². The van der Waals surface area contributed by atoms with Crippen LogP contribution in [0.4, 0.5) is 23.4 Å². The van der Waals surface area contributed by atoms with E-state index in [9.17, 15) is 17.6 Å². The van der Waals surface area contributed by atoms with E-state index in [1.165, 1.54) is 12.1 Å². The van der Waals surface area contributed by atoms with Crippen molar-refractivity contribution in [3.8, 4) is 11.3 Å². The van der Waals surface area contributed by atoms with Crippen LogP contribution in [0.5, 0.6) is 0 Å². The Bertz CT molecular complexity index is 563. The molecule has 0 saturated heterocycles. The van der Waals surface area contributed by atoms with Crippen molar-refractivity contribution in [2.24, 2.45) is 0 Å². The monoisotopic (exact) mass is 257 g/mol. The minimum atomic E-state index is -4.71. The van der Waals surface area contributed by atoms with Gasteiger partial charge in [-0.3, -0.25) is 0 Å². The van der Waals surface area contributed by atoms with E-state index in [4.69, 9.17) is 5.73 Å². The summed E-state index contributed by atoms with van der Waals surface area (Å²) in [6.07, 6.45) is -4.71. The van der Waals surface area contributed by atoms with Crippen LogP contribution in [0.25, 0.3) is 11.3 Å². The molecule has 0 fully saturated rings. The summed E-state index contributed by atoms with van der Waals surface area (Å²) in [6, 6.07) is 5.44. The molecule has 0 atom stereocenters. The maximum absolute atomic E-state index is 13.3. The Kier molecular flexibility index (Phi) is 2.90. The number of nitrogens with two attached hydrogens (primary N) is 1. The highest BCUT2D eigenvalue weighted by Gasteiger charge is 2.33. The molecule has 0 aliphatic carbocycles. The number of halogens is 4. The predicted octanol–water partition coefficient (Wildman–Crippen LogP) is 2.88. The van der Waals surface area contributed by atoms with Crippen LogP contribution in [0, 0.1) is 5.82 Å². The smallest absolute Gasteiger partial charge is 0.382 e. The summed E-state index contributed by atoms with van der Waals surface area (Å²) >= 11 is 0. The molecule has 3 nitrogen and oxygen atoms in total. The molecule has 18 heavy (non-hydrogen) atoms. The average Bonchev–Trinajstić information content (AvgIpc) is 2.28. The molecule has 0 saturated carbocycles. The zero-order valence-electron chi connectivity index (χ0n) is 8.87. The lowest BCUT2D eigenvalue weighted by atomic mass is 10.1. The molecule has 1 aromatic heterocycles. The van der Waals surface area contributed by atoms with Crippen molar-refractivity contribution in [3.05, 3.63) is 41.7 Å². The summed E-state index contributed by atoms with van der Waals surface area (Å²) in [7, 11) is 0. The van der Waals surface area contributed by atoms with Crippen molar-refractivity contribution >= 4 is 5.82 Å². The largest absolute Gasteiger partial charge is 0.419 e. The highest BCUT2D eigenvalue weighted by atomic mass is 19.4. The van der Waals surface area contributed by atoms with E-state index < -0.39 is 17.6 Å². The molecular formula is C11H7F4N3. The molecule has 0 aliphatic heterocycles. The Hall–Kier alpha value is -2.18. The van der Waals surface area contributed by atoms with Gasteiger partial charge in [-0.15, -0.1) is 10.2 Å². The van der Waals surface area contributed by atoms with E-state index in [0.29, 0.717) is 6.07 Å². The van der Waals surface area contributed by atoms with Crippen LogP contribution in [-0.2, 0) is 6.18 Å². The Balaban J connectivity index is 2.43. The molecule has 0 spiro atoms. The normalized spacial score (nSPS) is 11.6. The van der Waals surface area contributed by atoms with Gasteiger partial charge in [-0.05, 0) is 24.3 Å². The zero-order valence-corrected chi connectivity index (χ0v) is 8.87. The lowest BCUT2D eigenvalue weighted by Crippen LogP contribution is -2.08. The van der Waals surface area contributed by atoms with Gasteiger partial charge < -0.3 is 5.73 Å². The molecule has 0 bridgehead atoms. The number of alkyl halides is 3. The Labute approximate surface area is 99.3 Å². The first-order valence-corrected chi connectivity index (χ1v) is 4.84. The van der Waals surface area contributed by atoms with Crippen molar-refractivity contribution in [3.63, 3.8) is 0 Å². The third-order valence-electron chi connectivity index (χ3n) is 2.26. The second-order valence-corrected chi connectivity index (χ2v) is 3.54.